The van der Waals surface area contributed by atoms with Crippen molar-refractivity contribution in [2.75, 3.05) is 0 Å². The van der Waals surface area contributed by atoms with Gasteiger partial charge in [0.15, 0.2) is 4.80 Å². The Hall–Kier alpha value is -3.44. The SMILES string of the molecule is Cc1ccc2c(c1)[nH]c(=O)c1c(-c3ccccc3)sc(=Nc3ccccc3)n12. The molecule has 0 bridgehead atoms. The Bertz CT molecular complexity index is 1430. The van der Waals surface area contributed by atoms with Gasteiger partial charge in [0.1, 0.15) is 5.52 Å². The van der Waals surface area contributed by atoms with Crippen LogP contribution in [-0.2, 0) is 0 Å². The van der Waals surface area contributed by atoms with Crippen LogP contribution in [0.3, 0.4) is 0 Å². The van der Waals surface area contributed by atoms with E-state index in [1.807, 2.05) is 84.1 Å². The maximum atomic E-state index is 13.1. The van der Waals surface area contributed by atoms with E-state index >= 15 is 0 Å². The van der Waals surface area contributed by atoms with Gasteiger partial charge in [0, 0.05) is 0 Å². The van der Waals surface area contributed by atoms with Crippen LogP contribution in [0, 0.1) is 6.92 Å². The largest absolute Gasteiger partial charge is 0.319 e. The monoisotopic (exact) mass is 383 g/mol. The number of rotatable bonds is 2. The van der Waals surface area contributed by atoms with Gasteiger partial charge < -0.3 is 4.98 Å². The van der Waals surface area contributed by atoms with Gasteiger partial charge in [-0.2, -0.15) is 0 Å². The topological polar surface area (TPSA) is 49.6 Å². The van der Waals surface area contributed by atoms with E-state index in [2.05, 4.69) is 11.1 Å². The van der Waals surface area contributed by atoms with E-state index in [1.165, 1.54) is 11.3 Å². The standard InChI is InChI=1S/C23H17N3OS/c1-15-12-13-19-18(14-15)25-22(27)20-21(16-8-4-2-5-9-16)28-23(26(19)20)24-17-10-6-3-7-11-17/h2-14H,1H3,(H,25,27). The van der Waals surface area contributed by atoms with Crippen LogP contribution in [0.25, 0.3) is 27.0 Å². The predicted octanol–water partition coefficient (Wildman–Crippen LogP) is 5.05. The zero-order valence-corrected chi connectivity index (χ0v) is 16.0. The van der Waals surface area contributed by atoms with Crippen molar-refractivity contribution < 1.29 is 0 Å². The predicted molar refractivity (Wildman–Crippen MR) is 115 cm³/mol. The van der Waals surface area contributed by atoms with Gasteiger partial charge in [-0.25, -0.2) is 4.99 Å². The quantitative estimate of drug-likeness (QED) is 0.456. The highest BCUT2D eigenvalue weighted by Crippen LogP contribution is 2.28. The van der Waals surface area contributed by atoms with Crippen LogP contribution in [0.5, 0.6) is 0 Å². The molecule has 5 heteroatoms. The van der Waals surface area contributed by atoms with Crippen LogP contribution < -0.4 is 10.4 Å². The third-order valence-corrected chi connectivity index (χ3v) is 5.79. The lowest BCUT2D eigenvalue weighted by Gasteiger charge is -2.05. The summed E-state index contributed by atoms with van der Waals surface area (Å²) in [4.78, 5) is 22.7. The number of aryl methyl sites for hydroxylation is 1. The summed E-state index contributed by atoms with van der Waals surface area (Å²) >= 11 is 1.53. The van der Waals surface area contributed by atoms with Crippen LogP contribution >= 0.6 is 11.3 Å². The summed E-state index contributed by atoms with van der Waals surface area (Å²) in [7, 11) is 0. The first-order valence-electron chi connectivity index (χ1n) is 9.04. The maximum Gasteiger partial charge on any atom is 0.274 e. The second kappa shape index (κ2) is 6.62. The van der Waals surface area contributed by atoms with Gasteiger partial charge in [0.25, 0.3) is 5.56 Å². The molecule has 0 amide bonds. The van der Waals surface area contributed by atoms with Crippen molar-refractivity contribution >= 4 is 33.6 Å². The van der Waals surface area contributed by atoms with Crippen LogP contribution in [-0.4, -0.2) is 9.38 Å². The number of nitrogens with one attached hydrogen (secondary N) is 1. The van der Waals surface area contributed by atoms with Crippen molar-refractivity contribution in [1.82, 2.24) is 9.38 Å². The van der Waals surface area contributed by atoms with Gasteiger partial charge in [0.05, 0.1) is 21.6 Å². The number of H-pyrrole nitrogens is 1. The molecule has 0 aliphatic rings. The number of aromatic amines is 1. The van der Waals surface area contributed by atoms with Gasteiger partial charge in [0.2, 0.25) is 0 Å². The second-order valence-electron chi connectivity index (χ2n) is 6.69. The van der Waals surface area contributed by atoms with Crippen molar-refractivity contribution in [2.45, 2.75) is 6.92 Å². The Balaban J connectivity index is 1.98. The molecule has 0 saturated carbocycles. The normalized spacial score (nSPS) is 12.1. The van der Waals surface area contributed by atoms with Crippen molar-refractivity contribution in [1.29, 1.82) is 0 Å². The third kappa shape index (κ3) is 2.77. The number of thiazole rings is 1. The molecule has 0 atom stereocenters. The number of aromatic nitrogens is 2. The Morgan fingerprint density at radius 2 is 1.64 bits per heavy atom. The van der Waals surface area contributed by atoms with Crippen LogP contribution in [0.4, 0.5) is 5.69 Å². The highest BCUT2D eigenvalue weighted by atomic mass is 32.1. The molecule has 5 aromatic rings. The number of fused-ring (bicyclic) bond motifs is 3. The first-order chi connectivity index (χ1) is 13.7. The fourth-order valence-electron chi connectivity index (χ4n) is 3.41. The minimum Gasteiger partial charge on any atom is -0.319 e. The third-order valence-electron chi connectivity index (χ3n) is 4.70. The Morgan fingerprint density at radius 1 is 0.929 bits per heavy atom. The first kappa shape index (κ1) is 16.7. The molecular formula is C23H17N3OS. The van der Waals surface area contributed by atoms with Crippen molar-refractivity contribution in [3.05, 3.63) is 99.6 Å². The minimum absolute atomic E-state index is 0.109. The molecule has 136 valence electrons. The molecule has 5 rings (SSSR count). The molecule has 0 spiro atoms. The molecular weight excluding hydrogens is 366 g/mol. The van der Waals surface area contributed by atoms with Gasteiger partial charge in [-0.1, -0.05) is 65.9 Å². The molecule has 0 aliphatic carbocycles. The zero-order chi connectivity index (χ0) is 19.1. The van der Waals surface area contributed by atoms with E-state index in [0.29, 0.717) is 5.52 Å². The highest BCUT2D eigenvalue weighted by molar-refractivity contribution is 7.13. The van der Waals surface area contributed by atoms with Crippen molar-refractivity contribution in [3.8, 4) is 10.4 Å². The van der Waals surface area contributed by atoms with E-state index in [1.54, 1.807) is 0 Å². The molecule has 2 heterocycles. The van der Waals surface area contributed by atoms with Gasteiger partial charge in [-0.05, 0) is 42.3 Å². The molecule has 0 radical (unpaired) electrons. The zero-order valence-electron chi connectivity index (χ0n) is 15.2. The Labute approximate surface area is 165 Å². The van der Waals surface area contributed by atoms with Crippen LogP contribution in [0.2, 0.25) is 0 Å². The number of hydrogen-bond acceptors (Lipinski definition) is 3. The Morgan fingerprint density at radius 3 is 2.39 bits per heavy atom. The fraction of sp³-hybridized carbons (Fsp3) is 0.0435. The summed E-state index contributed by atoms with van der Waals surface area (Å²) in [5, 5.41) is 0. The summed E-state index contributed by atoms with van der Waals surface area (Å²) in [5.41, 5.74) is 5.24. The fourth-order valence-corrected chi connectivity index (χ4v) is 4.56. The van der Waals surface area contributed by atoms with Gasteiger partial charge >= 0.3 is 0 Å². The van der Waals surface area contributed by atoms with E-state index in [9.17, 15) is 4.79 Å². The lowest BCUT2D eigenvalue weighted by Crippen LogP contribution is -2.16. The van der Waals surface area contributed by atoms with Crippen LogP contribution in [0.15, 0.2) is 88.6 Å². The van der Waals surface area contributed by atoms with E-state index in [4.69, 9.17) is 4.99 Å². The summed E-state index contributed by atoms with van der Waals surface area (Å²) in [6.45, 7) is 2.02. The molecule has 4 nitrogen and oxygen atoms in total. The molecule has 0 saturated heterocycles. The molecule has 0 unspecified atom stereocenters. The van der Waals surface area contributed by atoms with E-state index in [0.717, 1.165) is 37.5 Å². The number of hydrogen-bond donors (Lipinski definition) is 1. The summed E-state index contributed by atoms with van der Waals surface area (Å²) in [6.07, 6.45) is 0. The summed E-state index contributed by atoms with van der Waals surface area (Å²) in [6, 6.07) is 25.9. The average molecular weight is 383 g/mol. The molecule has 2 aromatic heterocycles. The molecule has 0 fully saturated rings. The van der Waals surface area contributed by atoms with E-state index < -0.39 is 0 Å². The van der Waals surface area contributed by atoms with Crippen molar-refractivity contribution in [3.63, 3.8) is 0 Å². The molecule has 3 aromatic carbocycles. The molecule has 1 N–H and O–H groups in total. The molecule has 28 heavy (non-hydrogen) atoms. The molecule has 0 aliphatic heterocycles. The smallest absolute Gasteiger partial charge is 0.274 e. The highest BCUT2D eigenvalue weighted by Gasteiger charge is 2.15. The summed E-state index contributed by atoms with van der Waals surface area (Å²) in [5.74, 6) is 0. The number of nitrogens with zero attached hydrogens (tertiary/aromatic N) is 2. The summed E-state index contributed by atoms with van der Waals surface area (Å²) < 4.78 is 1.98. The van der Waals surface area contributed by atoms with E-state index in [-0.39, 0.29) is 5.56 Å². The lowest BCUT2D eigenvalue weighted by molar-refractivity contribution is 1.11. The number of para-hydroxylation sites is 1. The minimum atomic E-state index is -0.109. The lowest BCUT2D eigenvalue weighted by atomic mass is 10.1. The second-order valence-corrected chi connectivity index (χ2v) is 7.66. The maximum absolute atomic E-state index is 13.1. The first-order valence-corrected chi connectivity index (χ1v) is 9.86. The van der Waals surface area contributed by atoms with Crippen LogP contribution in [0.1, 0.15) is 5.56 Å². The van der Waals surface area contributed by atoms with Crippen molar-refractivity contribution in [2.24, 2.45) is 4.99 Å². The van der Waals surface area contributed by atoms with Gasteiger partial charge in [-0.3, -0.25) is 9.20 Å². The van der Waals surface area contributed by atoms with Gasteiger partial charge in [-0.15, -0.1) is 0 Å². The number of benzene rings is 3. The Kier molecular flexibility index (Phi) is 3.95. The average Bonchev–Trinajstić information content (AvgIpc) is 3.09.